The zero-order chi connectivity index (χ0) is 13.3. The van der Waals surface area contributed by atoms with Gasteiger partial charge in [0.1, 0.15) is 0 Å². The monoisotopic (exact) mass is 166 g/mol. The Bertz CT molecular complexity index is 304. The van der Waals surface area contributed by atoms with Crippen molar-refractivity contribution in [2.24, 2.45) is 0 Å². The number of hydrogen-bond acceptors (Lipinski definition) is 3. The average molecular weight is 166 g/mol. The number of rotatable bonds is 3. The number of carboxylic acid groups (broad SMARTS) is 1. The maximum atomic E-state index is 11.1. The highest BCUT2D eigenvalue weighted by atomic mass is 16.4. The molecule has 0 spiro atoms. The lowest BCUT2D eigenvalue weighted by Crippen LogP contribution is -2.46. The fourth-order valence-corrected chi connectivity index (χ4v) is 0.429. The van der Waals surface area contributed by atoms with Gasteiger partial charge in [0.25, 0.3) is 0 Å². The quantitative estimate of drug-likeness (QED) is 0.499. The van der Waals surface area contributed by atoms with Crippen LogP contribution in [0.2, 0.25) is 1.41 Å². The highest BCUT2D eigenvalue weighted by Crippen LogP contribution is 1.91. The molecule has 5 heteroatoms. The second-order valence-corrected chi connectivity index (χ2v) is 1.78. The van der Waals surface area contributed by atoms with Crippen molar-refractivity contribution in [3.8, 4) is 0 Å². The summed E-state index contributed by atoms with van der Waals surface area (Å²) < 4.78 is 34.4. The molecule has 1 amide bonds. The molecule has 0 saturated carbocycles. The second-order valence-electron chi connectivity index (χ2n) is 1.78. The Morgan fingerprint density at radius 3 is 2.64 bits per heavy atom. The van der Waals surface area contributed by atoms with E-state index in [9.17, 15) is 9.59 Å². The molecule has 0 saturated heterocycles. The van der Waals surface area contributed by atoms with E-state index in [-0.39, 0.29) is 0 Å². The number of aliphatic hydroxyl groups is 1. The number of aliphatic carboxylic acids is 1. The maximum absolute atomic E-state index is 11.1. The topological polar surface area (TPSA) is 86.6 Å². The van der Waals surface area contributed by atoms with E-state index in [2.05, 4.69) is 0 Å². The number of carbonyl (C=O) groups is 2. The Labute approximate surface area is 71.1 Å². The molecule has 5 nitrogen and oxygen atoms in total. The third kappa shape index (κ3) is 3.57. The number of carboxylic acids is 1. The minimum absolute atomic E-state index is 0.549. The molecule has 0 rings (SSSR count). The van der Waals surface area contributed by atoms with Gasteiger partial charge in [-0.15, -0.1) is 0 Å². The lowest BCUT2D eigenvalue weighted by Gasteiger charge is -2.15. The molecule has 0 aromatic heterocycles. The van der Waals surface area contributed by atoms with Gasteiger partial charge < -0.3 is 15.5 Å². The SMILES string of the molecule is [2H]N(C(=O)C([2H])([2H])[2H])C([2H])(C(=O)O)C(C)O. The largest absolute Gasteiger partial charge is 0.480 e. The fourth-order valence-electron chi connectivity index (χ4n) is 0.429. The lowest BCUT2D eigenvalue weighted by molar-refractivity contribution is -0.144. The van der Waals surface area contributed by atoms with Crippen molar-refractivity contribution >= 4 is 11.9 Å². The van der Waals surface area contributed by atoms with Gasteiger partial charge in [-0.25, -0.2) is 4.79 Å². The number of amides is 1. The molecule has 0 bridgehead atoms. The summed E-state index contributed by atoms with van der Waals surface area (Å²) in [4.78, 5) is 21.8. The molecule has 0 aliphatic heterocycles. The average Bonchev–Trinajstić information content (AvgIpc) is 2.11. The molecule has 0 aromatic carbocycles. The lowest BCUT2D eigenvalue weighted by atomic mass is 10.2. The standard InChI is InChI=1S/C6H11NO4/c1-3(8)5(6(10)11)7-4(2)9/h3,5,8H,1-2H3,(H,7,9)(H,10,11)/i2D3,5D/hD. The first-order chi connectivity index (χ1) is 6.95. The molecule has 0 fully saturated rings. The molecule has 64 valence electrons. The first-order valence-electron chi connectivity index (χ1n) is 5.15. The Hall–Kier alpha value is -1.10. The van der Waals surface area contributed by atoms with Crippen molar-refractivity contribution in [1.82, 2.24) is 5.31 Å². The van der Waals surface area contributed by atoms with Crippen LogP contribution in [0.4, 0.5) is 0 Å². The Kier molecular flexibility index (Phi) is 1.45. The van der Waals surface area contributed by atoms with Crippen LogP contribution in [0.3, 0.4) is 0 Å². The molecule has 0 aliphatic carbocycles. The fraction of sp³-hybridized carbons (Fsp3) is 0.667. The van der Waals surface area contributed by atoms with Crippen molar-refractivity contribution in [2.45, 2.75) is 25.9 Å². The van der Waals surface area contributed by atoms with Crippen LogP contribution in [0.5, 0.6) is 0 Å². The number of hydrogen-bond donors (Lipinski definition) is 3. The zero-order valence-corrected chi connectivity index (χ0v) is 5.74. The van der Waals surface area contributed by atoms with Crippen molar-refractivity contribution in [2.75, 3.05) is 0 Å². The van der Waals surface area contributed by atoms with E-state index in [0.29, 0.717) is 0 Å². The Morgan fingerprint density at radius 2 is 2.36 bits per heavy atom. The van der Waals surface area contributed by atoms with Crippen molar-refractivity contribution < 1.29 is 26.7 Å². The summed E-state index contributed by atoms with van der Waals surface area (Å²) in [6, 6.07) is -3.05. The van der Waals surface area contributed by atoms with Gasteiger partial charge in [-0.05, 0) is 6.92 Å². The van der Waals surface area contributed by atoms with Crippen molar-refractivity contribution in [3.05, 3.63) is 0 Å². The molecule has 2 atom stereocenters. The van der Waals surface area contributed by atoms with Gasteiger partial charge in [-0.2, -0.15) is 0 Å². The van der Waals surface area contributed by atoms with Crippen LogP contribution in [0.15, 0.2) is 0 Å². The second kappa shape index (κ2) is 3.92. The van der Waals surface area contributed by atoms with E-state index in [1.54, 1.807) is 0 Å². The van der Waals surface area contributed by atoms with Crippen LogP contribution >= 0.6 is 0 Å². The molecule has 3 N–H and O–H groups in total. The van der Waals surface area contributed by atoms with Gasteiger partial charge in [-0.3, -0.25) is 4.79 Å². The van der Waals surface area contributed by atoms with Gasteiger partial charge in [0.05, 0.1) is 7.47 Å². The van der Waals surface area contributed by atoms with Gasteiger partial charge in [0.15, 0.2) is 7.43 Å². The van der Waals surface area contributed by atoms with E-state index in [1.165, 1.54) is 0 Å². The number of aliphatic hydroxyl groups excluding tert-OH is 1. The number of carbonyl (C=O) groups excluding carboxylic acids is 1. The summed E-state index contributed by atoms with van der Waals surface area (Å²) in [7, 11) is 0. The summed E-state index contributed by atoms with van der Waals surface area (Å²) in [5, 5.41) is 17.2. The third-order valence-electron chi connectivity index (χ3n) is 0.837. The van der Waals surface area contributed by atoms with Crippen molar-refractivity contribution in [3.63, 3.8) is 0 Å². The normalized spacial score (nSPS) is 25.8. The van der Waals surface area contributed by atoms with E-state index in [4.69, 9.17) is 17.1 Å². The molecule has 0 heterocycles. The number of nitrogens with one attached hydrogen (secondary N) is 1. The van der Waals surface area contributed by atoms with Crippen LogP contribution in [0.1, 0.15) is 19.3 Å². The minimum atomic E-state index is -3.24. The molecule has 0 aromatic rings. The minimum Gasteiger partial charge on any atom is -0.480 e. The van der Waals surface area contributed by atoms with Gasteiger partial charge >= 0.3 is 5.97 Å². The highest BCUT2D eigenvalue weighted by Gasteiger charge is 2.23. The van der Waals surface area contributed by atoms with E-state index < -0.39 is 36.2 Å². The molecular weight excluding hydrogens is 150 g/mol. The Morgan fingerprint density at radius 1 is 1.82 bits per heavy atom. The third-order valence-corrected chi connectivity index (χ3v) is 0.837. The van der Waals surface area contributed by atoms with Gasteiger partial charge in [0, 0.05) is 11.0 Å². The van der Waals surface area contributed by atoms with Crippen LogP contribution in [-0.2, 0) is 9.59 Å². The molecule has 0 aliphatic rings. The van der Waals surface area contributed by atoms with Crippen molar-refractivity contribution in [1.29, 1.82) is 0 Å². The predicted molar refractivity (Wildman–Crippen MR) is 36.9 cm³/mol. The molecule has 11 heavy (non-hydrogen) atoms. The maximum Gasteiger partial charge on any atom is 0.328 e. The molecular formula is C6H11NO4. The highest BCUT2D eigenvalue weighted by molar-refractivity contribution is 5.82. The van der Waals surface area contributed by atoms with E-state index in [1.807, 2.05) is 0 Å². The van der Waals surface area contributed by atoms with Crippen LogP contribution in [0.25, 0.3) is 0 Å². The summed E-state index contributed by atoms with van der Waals surface area (Å²) in [6.07, 6.45) is -1.92. The Balaban J connectivity index is 5.29. The van der Waals surface area contributed by atoms with Crippen LogP contribution < -0.4 is 5.31 Å². The summed E-state index contributed by atoms with van der Waals surface area (Å²) >= 11 is 0. The van der Waals surface area contributed by atoms with Crippen LogP contribution in [-0.4, -0.2) is 34.2 Å². The van der Waals surface area contributed by atoms with E-state index >= 15 is 0 Å². The van der Waals surface area contributed by atoms with Gasteiger partial charge in [0.2, 0.25) is 5.91 Å². The molecule has 2 unspecified atom stereocenters. The zero-order valence-electron chi connectivity index (χ0n) is 10.7. The summed E-state index contributed by atoms with van der Waals surface area (Å²) in [6.45, 7) is -2.37. The van der Waals surface area contributed by atoms with E-state index in [0.717, 1.165) is 6.92 Å². The predicted octanol–water partition coefficient (Wildman–Crippen LogP) is -1.04. The first kappa shape index (κ1) is 4.06. The first-order valence-corrected chi connectivity index (χ1v) is 2.70. The summed E-state index contributed by atoms with van der Waals surface area (Å²) in [5.74, 6) is -3.83. The van der Waals surface area contributed by atoms with Gasteiger partial charge in [-0.1, -0.05) is 0 Å². The van der Waals surface area contributed by atoms with Crippen LogP contribution in [0, 0.1) is 0 Å². The summed E-state index contributed by atoms with van der Waals surface area (Å²) in [5.41, 5.74) is 0. The molecule has 0 radical (unpaired) electrons. The smallest absolute Gasteiger partial charge is 0.328 e.